The first-order valence-corrected chi connectivity index (χ1v) is 7.47. The fraction of sp³-hybridized carbons (Fsp3) is 0.235. The second-order valence-electron chi connectivity index (χ2n) is 5.19. The van der Waals surface area contributed by atoms with Crippen molar-refractivity contribution in [3.63, 3.8) is 0 Å². The van der Waals surface area contributed by atoms with Crippen molar-refractivity contribution < 1.29 is 0 Å². The van der Waals surface area contributed by atoms with Gasteiger partial charge in [-0.15, -0.1) is 0 Å². The van der Waals surface area contributed by atoms with Crippen LogP contribution < -0.4 is 0 Å². The molecular formula is C17H17N3S. The Morgan fingerprint density at radius 3 is 2.62 bits per heavy atom. The van der Waals surface area contributed by atoms with E-state index in [1.165, 1.54) is 10.9 Å². The van der Waals surface area contributed by atoms with Gasteiger partial charge in [-0.3, -0.25) is 0 Å². The summed E-state index contributed by atoms with van der Waals surface area (Å²) in [7, 11) is 0. The number of aryl methyl sites for hydroxylation is 2. The van der Waals surface area contributed by atoms with Gasteiger partial charge < -0.3 is 4.98 Å². The van der Waals surface area contributed by atoms with Gasteiger partial charge in [0, 0.05) is 16.6 Å². The van der Waals surface area contributed by atoms with Crippen LogP contribution in [0.3, 0.4) is 0 Å². The van der Waals surface area contributed by atoms with E-state index in [-0.39, 0.29) is 0 Å². The number of aromatic nitrogens is 3. The van der Waals surface area contributed by atoms with Crippen LogP contribution >= 0.6 is 12.2 Å². The zero-order valence-electron chi connectivity index (χ0n) is 12.4. The molecule has 0 amide bonds. The Kier molecular flexibility index (Phi) is 3.55. The first-order chi connectivity index (χ1) is 10.1. The van der Waals surface area contributed by atoms with Gasteiger partial charge >= 0.3 is 0 Å². The van der Waals surface area contributed by atoms with Gasteiger partial charge in [0.15, 0.2) is 5.82 Å². The molecule has 0 fully saturated rings. The predicted octanol–water partition coefficient (Wildman–Crippen LogP) is 4.53. The first-order valence-electron chi connectivity index (χ1n) is 7.06. The number of aromatic amines is 1. The SMILES string of the molecule is CCc1c(C)[nH]c(-c2cc(C)c3ccccc3n2)nc1=S. The van der Waals surface area contributed by atoms with Gasteiger partial charge in [0.2, 0.25) is 0 Å². The van der Waals surface area contributed by atoms with E-state index >= 15 is 0 Å². The summed E-state index contributed by atoms with van der Waals surface area (Å²) in [5.41, 5.74) is 5.18. The summed E-state index contributed by atoms with van der Waals surface area (Å²) >= 11 is 5.40. The number of hydrogen-bond donors (Lipinski definition) is 1. The van der Waals surface area contributed by atoms with Crippen LogP contribution in [-0.2, 0) is 6.42 Å². The Morgan fingerprint density at radius 2 is 1.90 bits per heavy atom. The van der Waals surface area contributed by atoms with E-state index in [0.717, 1.165) is 34.7 Å². The summed E-state index contributed by atoms with van der Waals surface area (Å²) in [5, 5.41) is 1.17. The van der Waals surface area contributed by atoms with E-state index in [1.807, 2.05) is 25.1 Å². The fourth-order valence-electron chi connectivity index (χ4n) is 2.62. The van der Waals surface area contributed by atoms with Gasteiger partial charge in [0.1, 0.15) is 10.3 Å². The molecule has 0 saturated carbocycles. The lowest BCUT2D eigenvalue weighted by Crippen LogP contribution is -2.00. The number of rotatable bonds is 2. The Balaban J connectivity index is 2.23. The number of pyridine rings is 1. The number of fused-ring (bicyclic) bond motifs is 1. The van der Waals surface area contributed by atoms with Crippen molar-refractivity contribution in [3.8, 4) is 11.5 Å². The van der Waals surface area contributed by atoms with Crippen molar-refractivity contribution in [1.82, 2.24) is 15.0 Å². The van der Waals surface area contributed by atoms with E-state index in [4.69, 9.17) is 17.2 Å². The van der Waals surface area contributed by atoms with Crippen LogP contribution in [0.1, 0.15) is 23.7 Å². The number of H-pyrrole nitrogens is 1. The van der Waals surface area contributed by atoms with Gasteiger partial charge in [-0.25, -0.2) is 9.97 Å². The molecule has 0 unspecified atom stereocenters. The molecule has 1 aromatic carbocycles. The maximum atomic E-state index is 5.40. The van der Waals surface area contributed by atoms with Crippen LogP contribution in [0, 0.1) is 18.5 Å². The van der Waals surface area contributed by atoms with Crippen molar-refractivity contribution in [1.29, 1.82) is 0 Å². The maximum Gasteiger partial charge on any atom is 0.157 e. The largest absolute Gasteiger partial charge is 0.342 e. The van der Waals surface area contributed by atoms with Crippen LogP contribution in [-0.4, -0.2) is 15.0 Å². The zero-order valence-corrected chi connectivity index (χ0v) is 13.2. The molecule has 4 heteroatoms. The standard InChI is InChI=1S/C17H17N3S/c1-4-12-11(3)18-16(20-17(12)21)15-9-10(2)13-7-5-6-8-14(13)19-15/h5-9H,4H2,1-3H3,(H,18,20,21). The molecule has 0 spiro atoms. The average molecular weight is 295 g/mol. The Labute approximate surface area is 129 Å². The second kappa shape index (κ2) is 5.37. The van der Waals surface area contributed by atoms with Crippen LogP contribution in [0.25, 0.3) is 22.4 Å². The summed E-state index contributed by atoms with van der Waals surface area (Å²) in [6.45, 7) is 6.22. The Hall–Kier alpha value is -2.07. The van der Waals surface area contributed by atoms with Crippen LogP contribution in [0.4, 0.5) is 0 Å². The van der Waals surface area contributed by atoms with E-state index in [1.54, 1.807) is 0 Å². The lowest BCUT2D eigenvalue weighted by atomic mass is 10.1. The van der Waals surface area contributed by atoms with E-state index in [0.29, 0.717) is 4.64 Å². The normalized spacial score (nSPS) is 11.0. The molecule has 3 aromatic rings. The summed E-state index contributed by atoms with van der Waals surface area (Å²) < 4.78 is 0.663. The highest BCUT2D eigenvalue weighted by molar-refractivity contribution is 7.71. The van der Waals surface area contributed by atoms with Gasteiger partial charge in [-0.05, 0) is 38.0 Å². The molecule has 0 bridgehead atoms. The molecule has 2 aromatic heterocycles. The third-order valence-electron chi connectivity index (χ3n) is 3.75. The van der Waals surface area contributed by atoms with Crippen molar-refractivity contribution in [2.45, 2.75) is 27.2 Å². The number of nitrogens with one attached hydrogen (secondary N) is 1. The van der Waals surface area contributed by atoms with E-state index in [2.05, 4.69) is 35.9 Å². The van der Waals surface area contributed by atoms with Crippen molar-refractivity contribution in [3.05, 3.63) is 51.8 Å². The number of benzene rings is 1. The highest BCUT2D eigenvalue weighted by Gasteiger charge is 2.09. The highest BCUT2D eigenvalue weighted by atomic mass is 32.1. The molecule has 0 atom stereocenters. The predicted molar refractivity (Wildman–Crippen MR) is 89.0 cm³/mol. The maximum absolute atomic E-state index is 5.40. The molecule has 106 valence electrons. The van der Waals surface area contributed by atoms with Gasteiger partial charge in [0.25, 0.3) is 0 Å². The van der Waals surface area contributed by atoms with Crippen LogP contribution in [0.2, 0.25) is 0 Å². The highest BCUT2D eigenvalue weighted by Crippen LogP contribution is 2.23. The quantitative estimate of drug-likeness (QED) is 0.706. The number of hydrogen-bond acceptors (Lipinski definition) is 3. The minimum absolute atomic E-state index is 0.663. The molecule has 0 aliphatic heterocycles. The molecule has 0 radical (unpaired) electrons. The summed E-state index contributed by atoms with van der Waals surface area (Å²) in [6, 6.07) is 10.2. The van der Waals surface area contributed by atoms with Crippen LogP contribution in [0.5, 0.6) is 0 Å². The number of para-hydroxylation sites is 1. The van der Waals surface area contributed by atoms with Crippen molar-refractivity contribution in [2.75, 3.05) is 0 Å². The molecule has 0 aliphatic rings. The van der Waals surface area contributed by atoms with Crippen molar-refractivity contribution in [2.24, 2.45) is 0 Å². The number of nitrogens with zero attached hydrogens (tertiary/aromatic N) is 2. The topological polar surface area (TPSA) is 41.6 Å². The summed E-state index contributed by atoms with van der Waals surface area (Å²) in [5.74, 6) is 0.739. The molecular weight excluding hydrogens is 278 g/mol. The lowest BCUT2D eigenvalue weighted by molar-refractivity contribution is 0.984. The van der Waals surface area contributed by atoms with Gasteiger partial charge in [-0.2, -0.15) is 0 Å². The van der Waals surface area contributed by atoms with Crippen LogP contribution in [0.15, 0.2) is 30.3 Å². The third-order valence-corrected chi connectivity index (χ3v) is 4.09. The minimum Gasteiger partial charge on any atom is -0.342 e. The molecule has 21 heavy (non-hydrogen) atoms. The summed E-state index contributed by atoms with van der Waals surface area (Å²) in [6.07, 6.45) is 0.888. The average Bonchev–Trinajstić information content (AvgIpc) is 2.47. The minimum atomic E-state index is 0.663. The Bertz CT molecular complexity index is 881. The smallest absolute Gasteiger partial charge is 0.157 e. The van der Waals surface area contributed by atoms with E-state index < -0.39 is 0 Å². The molecule has 3 nitrogen and oxygen atoms in total. The third kappa shape index (κ3) is 2.47. The second-order valence-corrected chi connectivity index (χ2v) is 5.58. The molecule has 2 heterocycles. The van der Waals surface area contributed by atoms with Crippen molar-refractivity contribution >= 4 is 23.1 Å². The Morgan fingerprint density at radius 1 is 1.14 bits per heavy atom. The molecule has 3 rings (SSSR count). The monoisotopic (exact) mass is 295 g/mol. The van der Waals surface area contributed by atoms with Gasteiger partial charge in [0.05, 0.1) is 5.52 Å². The molecule has 1 N–H and O–H groups in total. The first kappa shape index (κ1) is 13.9. The fourth-order valence-corrected chi connectivity index (χ4v) is 3.01. The molecule has 0 saturated heterocycles. The van der Waals surface area contributed by atoms with E-state index in [9.17, 15) is 0 Å². The lowest BCUT2D eigenvalue weighted by Gasteiger charge is -2.09. The zero-order chi connectivity index (χ0) is 15.0. The molecule has 0 aliphatic carbocycles. The van der Waals surface area contributed by atoms with Gasteiger partial charge in [-0.1, -0.05) is 37.3 Å². The summed E-state index contributed by atoms with van der Waals surface area (Å²) in [4.78, 5) is 12.6.